The van der Waals surface area contributed by atoms with Crippen LogP contribution in [0.5, 0.6) is 0 Å². The normalized spacial score (nSPS) is 12.5. The van der Waals surface area contributed by atoms with E-state index in [1.54, 1.807) is 0 Å². The highest BCUT2D eigenvalue weighted by molar-refractivity contribution is 5.78. The Kier molecular flexibility index (Phi) is 5.83. The first-order valence-electron chi connectivity index (χ1n) is 9.54. The molecule has 0 spiro atoms. The molecule has 1 aromatic heterocycles. The van der Waals surface area contributed by atoms with E-state index in [1.807, 2.05) is 60.7 Å². The molecule has 146 valence electrons. The summed E-state index contributed by atoms with van der Waals surface area (Å²) < 4.78 is 0. The van der Waals surface area contributed by atoms with Crippen molar-refractivity contribution >= 4 is 6.09 Å². The average molecular weight is 377 g/mol. The van der Waals surface area contributed by atoms with Crippen LogP contribution < -0.4 is 5.32 Å². The highest BCUT2D eigenvalue weighted by Crippen LogP contribution is 2.33. The second-order valence-electron chi connectivity index (χ2n) is 8.18. The van der Waals surface area contributed by atoms with E-state index in [0.717, 1.165) is 28.9 Å². The van der Waals surface area contributed by atoms with E-state index in [0.29, 0.717) is 12.2 Å². The van der Waals surface area contributed by atoms with Crippen molar-refractivity contribution < 1.29 is 9.90 Å². The summed E-state index contributed by atoms with van der Waals surface area (Å²) in [4.78, 5) is 19.6. The number of imidazole rings is 1. The highest BCUT2D eigenvalue weighted by Gasteiger charge is 2.23. The van der Waals surface area contributed by atoms with Gasteiger partial charge in [0.2, 0.25) is 0 Å². The van der Waals surface area contributed by atoms with E-state index in [-0.39, 0.29) is 5.41 Å². The number of carbonyl (C=O) groups is 1. The van der Waals surface area contributed by atoms with Crippen LogP contribution in [0.3, 0.4) is 0 Å². The number of rotatable bonds is 6. The molecule has 5 heteroatoms. The van der Waals surface area contributed by atoms with Crippen LogP contribution in [-0.4, -0.2) is 21.2 Å². The van der Waals surface area contributed by atoms with E-state index >= 15 is 0 Å². The third-order valence-electron chi connectivity index (χ3n) is 4.64. The van der Waals surface area contributed by atoms with Crippen molar-refractivity contribution in [2.75, 3.05) is 0 Å². The van der Waals surface area contributed by atoms with E-state index in [2.05, 4.69) is 31.1 Å². The van der Waals surface area contributed by atoms with Crippen LogP contribution >= 0.6 is 0 Å². The van der Waals surface area contributed by atoms with Gasteiger partial charge >= 0.3 is 6.09 Å². The summed E-state index contributed by atoms with van der Waals surface area (Å²) in [6, 6.07) is 19.6. The lowest BCUT2D eigenvalue weighted by molar-refractivity contribution is 0.186. The topological polar surface area (TPSA) is 78.0 Å². The number of amides is 1. The van der Waals surface area contributed by atoms with Crippen LogP contribution in [0.15, 0.2) is 60.7 Å². The molecule has 0 bridgehead atoms. The van der Waals surface area contributed by atoms with Crippen molar-refractivity contribution in [2.24, 2.45) is 5.41 Å². The van der Waals surface area contributed by atoms with Gasteiger partial charge < -0.3 is 15.4 Å². The van der Waals surface area contributed by atoms with E-state index in [9.17, 15) is 9.90 Å². The Bertz CT molecular complexity index is 855. The molecule has 1 atom stereocenters. The number of aromatic nitrogens is 2. The van der Waals surface area contributed by atoms with Crippen LogP contribution in [0.1, 0.15) is 45.5 Å². The van der Waals surface area contributed by atoms with Crippen LogP contribution in [0.2, 0.25) is 0 Å². The Morgan fingerprint density at radius 3 is 2.14 bits per heavy atom. The Morgan fingerprint density at radius 1 is 1.04 bits per heavy atom. The zero-order valence-corrected chi connectivity index (χ0v) is 16.6. The summed E-state index contributed by atoms with van der Waals surface area (Å²) in [5.41, 5.74) is 3.85. The molecule has 0 aliphatic carbocycles. The summed E-state index contributed by atoms with van der Waals surface area (Å²) in [5, 5.41) is 12.0. The average Bonchev–Trinajstić information content (AvgIpc) is 3.11. The van der Waals surface area contributed by atoms with Gasteiger partial charge in [0.05, 0.1) is 17.4 Å². The number of carboxylic acid groups (broad SMARTS) is 1. The molecule has 0 saturated heterocycles. The lowest BCUT2D eigenvalue weighted by atomic mass is 9.88. The van der Waals surface area contributed by atoms with Gasteiger partial charge in [-0.3, -0.25) is 0 Å². The summed E-state index contributed by atoms with van der Waals surface area (Å²) >= 11 is 0. The fourth-order valence-corrected chi connectivity index (χ4v) is 3.18. The number of aromatic amines is 1. The second-order valence-corrected chi connectivity index (χ2v) is 8.18. The molecule has 3 N–H and O–H groups in total. The monoisotopic (exact) mass is 377 g/mol. The molecule has 5 nitrogen and oxygen atoms in total. The van der Waals surface area contributed by atoms with Crippen molar-refractivity contribution in [3.05, 3.63) is 66.5 Å². The number of hydrogen-bond acceptors (Lipinski definition) is 2. The molecule has 0 saturated carbocycles. The van der Waals surface area contributed by atoms with E-state index in [1.165, 1.54) is 0 Å². The van der Waals surface area contributed by atoms with Gasteiger partial charge in [0, 0.05) is 11.1 Å². The first kappa shape index (κ1) is 19.7. The van der Waals surface area contributed by atoms with Gasteiger partial charge in [-0.25, -0.2) is 9.78 Å². The van der Waals surface area contributed by atoms with Gasteiger partial charge in [-0.15, -0.1) is 0 Å². The molecule has 3 aromatic rings. The first-order valence-corrected chi connectivity index (χ1v) is 9.54. The Morgan fingerprint density at radius 2 is 1.61 bits per heavy atom. The minimum atomic E-state index is -1.04. The molecule has 3 rings (SSSR count). The molecule has 0 aliphatic rings. The largest absolute Gasteiger partial charge is 0.465 e. The summed E-state index contributed by atoms with van der Waals surface area (Å²) in [7, 11) is 0. The zero-order valence-electron chi connectivity index (χ0n) is 16.6. The maximum Gasteiger partial charge on any atom is 0.405 e. The lowest BCUT2D eigenvalue weighted by Crippen LogP contribution is -2.28. The van der Waals surface area contributed by atoms with E-state index < -0.39 is 12.1 Å². The molecule has 1 heterocycles. The van der Waals surface area contributed by atoms with Gasteiger partial charge in [0.15, 0.2) is 0 Å². The van der Waals surface area contributed by atoms with Crippen molar-refractivity contribution in [2.45, 2.75) is 39.7 Å². The smallest absolute Gasteiger partial charge is 0.405 e. The molecule has 0 fully saturated rings. The van der Waals surface area contributed by atoms with Crippen molar-refractivity contribution in [3.63, 3.8) is 0 Å². The summed E-state index contributed by atoms with van der Waals surface area (Å²) in [5.74, 6) is 0.643. The maximum atomic E-state index is 11.4. The third-order valence-corrected chi connectivity index (χ3v) is 4.64. The number of benzene rings is 2. The van der Waals surface area contributed by atoms with Crippen molar-refractivity contribution in [1.29, 1.82) is 0 Å². The van der Waals surface area contributed by atoms with Gasteiger partial charge in [-0.1, -0.05) is 81.4 Å². The van der Waals surface area contributed by atoms with Crippen molar-refractivity contribution in [3.8, 4) is 22.5 Å². The molecule has 2 aromatic carbocycles. The highest BCUT2D eigenvalue weighted by atomic mass is 16.4. The Balaban J connectivity index is 2.04. The van der Waals surface area contributed by atoms with Crippen LogP contribution in [0.4, 0.5) is 4.79 Å². The number of nitrogens with one attached hydrogen (secondary N) is 2. The molecule has 28 heavy (non-hydrogen) atoms. The minimum absolute atomic E-state index is 0.107. The maximum absolute atomic E-state index is 11.4. The molecular formula is C23H27N3O2. The summed E-state index contributed by atoms with van der Waals surface area (Å²) in [6.45, 7) is 6.45. The Labute approximate surface area is 165 Å². The molecule has 0 radical (unpaired) electrons. The van der Waals surface area contributed by atoms with Crippen LogP contribution in [-0.2, 0) is 0 Å². The Hall–Kier alpha value is -3.08. The van der Waals surface area contributed by atoms with Crippen molar-refractivity contribution in [1.82, 2.24) is 15.3 Å². The molecule has 1 amide bonds. The number of H-pyrrole nitrogens is 1. The van der Waals surface area contributed by atoms with Crippen LogP contribution in [0.25, 0.3) is 22.5 Å². The fraction of sp³-hybridized carbons (Fsp3) is 0.304. The lowest BCUT2D eigenvalue weighted by Gasteiger charge is -2.22. The third kappa shape index (κ3) is 5.00. The predicted octanol–water partition coefficient (Wildman–Crippen LogP) is 5.88. The molecular weight excluding hydrogens is 350 g/mol. The van der Waals surface area contributed by atoms with Gasteiger partial charge in [0.1, 0.15) is 5.82 Å². The number of hydrogen-bond donors (Lipinski definition) is 3. The molecule has 0 unspecified atom stereocenters. The van der Waals surface area contributed by atoms with Crippen LogP contribution in [0, 0.1) is 5.41 Å². The molecule has 0 aliphatic heterocycles. The van der Waals surface area contributed by atoms with E-state index in [4.69, 9.17) is 4.98 Å². The van der Waals surface area contributed by atoms with Gasteiger partial charge in [-0.2, -0.15) is 0 Å². The summed E-state index contributed by atoms with van der Waals surface area (Å²) in [6.07, 6.45) is 0.504. The standard InChI is InChI=1S/C23H27N3O2/c1-23(2,3)15-14-18(24-22(27)28)21-25-19(16-10-6-4-7-11-16)20(26-21)17-12-8-5-9-13-17/h4-13,18,24H,14-15H2,1-3H3,(H,25,26)(H,27,28)/t18-/m0/s1. The zero-order chi connectivity index (χ0) is 20.1. The fourth-order valence-electron chi connectivity index (χ4n) is 3.18. The second kappa shape index (κ2) is 8.30. The first-order chi connectivity index (χ1) is 13.3. The predicted molar refractivity (Wildman–Crippen MR) is 112 cm³/mol. The van der Waals surface area contributed by atoms with Gasteiger partial charge in [0.25, 0.3) is 0 Å². The minimum Gasteiger partial charge on any atom is -0.465 e. The quantitative estimate of drug-likeness (QED) is 0.502. The number of nitrogens with zero attached hydrogens (tertiary/aromatic N) is 1. The van der Waals surface area contributed by atoms with Gasteiger partial charge in [-0.05, 0) is 18.3 Å². The SMILES string of the molecule is CC(C)(C)CC[C@H](NC(=O)O)c1nc(-c2ccccc2)c(-c2ccccc2)[nH]1.